The molecule has 1 aromatic carbocycles. The van der Waals surface area contributed by atoms with Gasteiger partial charge in [0.05, 0.1) is 5.69 Å². The van der Waals surface area contributed by atoms with Crippen molar-refractivity contribution < 1.29 is 0 Å². The molecule has 0 radical (unpaired) electrons. The van der Waals surface area contributed by atoms with Gasteiger partial charge in [0.25, 0.3) is 5.56 Å². The summed E-state index contributed by atoms with van der Waals surface area (Å²) in [5.41, 5.74) is 2.56. The second-order valence-electron chi connectivity index (χ2n) is 5.72. The topological polar surface area (TPSA) is 57.8 Å². The van der Waals surface area contributed by atoms with Gasteiger partial charge in [-0.2, -0.15) is 0 Å². The Balaban J connectivity index is 2.33. The third-order valence-corrected chi connectivity index (χ3v) is 2.82. The Labute approximate surface area is 112 Å². The van der Waals surface area contributed by atoms with Crippen molar-refractivity contribution in [1.82, 2.24) is 9.97 Å². The first kappa shape index (κ1) is 13.3. The number of aromatic nitrogens is 2. The number of nitrogens with zero attached hydrogens (tertiary/aromatic N) is 1. The van der Waals surface area contributed by atoms with E-state index in [-0.39, 0.29) is 11.0 Å². The van der Waals surface area contributed by atoms with E-state index in [9.17, 15) is 4.79 Å². The Bertz CT molecular complexity index is 621. The van der Waals surface area contributed by atoms with Crippen LogP contribution in [0.3, 0.4) is 0 Å². The van der Waals surface area contributed by atoms with Gasteiger partial charge in [0, 0.05) is 17.2 Å². The number of benzene rings is 1. The molecule has 0 aliphatic heterocycles. The number of anilines is 2. The van der Waals surface area contributed by atoms with Crippen molar-refractivity contribution in [2.24, 2.45) is 0 Å². The van der Waals surface area contributed by atoms with Gasteiger partial charge in [0.1, 0.15) is 0 Å². The molecular weight excluding hydrogens is 238 g/mol. The second kappa shape index (κ2) is 4.88. The number of nitrogens with one attached hydrogen (secondary N) is 2. The average Bonchev–Trinajstić information content (AvgIpc) is 2.30. The van der Waals surface area contributed by atoms with Gasteiger partial charge in [-0.3, -0.25) is 9.78 Å². The van der Waals surface area contributed by atoms with Crippen LogP contribution in [0.4, 0.5) is 11.6 Å². The zero-order valence-corrected chi connectivity index (χ0v) is 11.7. The first-order chi connectivity index (χ1) is 8.84. The number of aromatic amines is 1. The molecule has 0 saturated carbocycles. The van der Waals surface area contributed by atoms with E-state index in [0.29, 0.717) is 5.95 Å². The normalized spacial score (nSPS) is 11.4. The Morgan fingerprint density at radius 1 is 1.16 bits per heavy atom. The highest BCUT2D eigenvalue weighted by molar-refractivity contribution is 5.53. The highest BCUT2D eigenvalue weighted by Gasteiger charge is 2.17. The fraction of sp³-hybridized carbons (Fsp3) is 0.333. The number of rotatable bonds is 2. The van der Waals surface area contributed by atoms with E-state index in [1.54, 1.807) is 6.07 Å². The Kier molecular flexibility index (Phi) is 3.42. The summed E-state index contributed by atoms with van der Waals surface area (Å²) in [4.78, 5) is 18.8. The fourth-order valence-corrected chi connectivity index (χ4v) is 1.67. The molecule has 0 spiro atoms. The highest BCUT2D eigenvalue weighted by Crippen LogP contribution is 2.20. The Morgan fingerprint density at radius 3 is 2.37 bits per heavy atom. The van der Waals surface area contributed by atoms with Crippen LogP contribution in [0, 0.1) is 6.92 Å². The third-order valence-electron chi connectivity index (χ3n) is 2.82. The minimum Gasteiger partial charge on any atom is -0.326 e. The van der Waals surface area contributed by atoms with Crippen LogP contribution in [0.25, 0.3) is 0 Å². The minimum atomic E-state index is -0.155. The first-order valence-electron chi connectivity index (χ1n) is 6.30. The lowest BCUT2D eigenvalue weighted by Gasteiger charge is -2.18. The van der Waals surface area contributed by atoms with Crippen LogP contribution >= 0.6 is 0 Å². The van der Waals surface area contributed by atoms with Gasteiger partial charge in [-0.1, -0.05) is 38.5 Å². The largest absolute Gasteiger partial charge is 0.326 e. The van der Waals surface area contributed by atoms with E-state index >= 15 is 0 Å². The summed E-state index contributed by atoms with van der Waals surface area (Å²) >= 11 is 0. The smallest absolute Gasteiger partial charge is 0.252 e. The van der Waals surface area contributed by atoms with Gasteiger partial charge in [-0.05, 0) is 19.1 Å². The first-order valence-corrected chi connectivity index (χ1v) is 6.30. The molecule has 19 heavy (non-hydrogen) atoms. The number of aryl methyl sites for hydroxylation is 1. The van der Waals surface area contributed by atoms with Crippen LogP contribution in [0.2, 0.25) is 0 Å². The zero-order chi connectivity index (χ0) is 14.0. The SMILES string of the molecule is Cc1ccc(Nc2nc(C(C)(C)C)cc(=O)[nH]2)cc1. The maximum atomic E-state index is 11.7. The maximum Gasteiger partial charge on any atom is 0.252 e. The van der Waals surface area contributed by atoms with Crippen molar-refractivity contribution in [3.8, 4) is 0 Å². The lowest BCUT2D eigenvalue weighted by Crippen LogP contribution is -2.20. The fourth-order valence-electron chi connectivity index (χ4n) is 1.67. The minimum absolute atomic E-state index is 0.144. The molecule has 2 aromatic rings. The van der Waals surface area contributed by atoms with Crippen LogP contribution in [-0.4, -0.2) is 9.97 Å². The summed E-state index contributed by atoms with van der Waals surface area (Å²) in [5.74, 6) is 0.473. The molecule has 0 atom stereocenters. The van der Waals surface area contributed by atoms with Crippen molar-refractivity contribution >= 4 is 11.6 Å². The number of H-pyrrole nitrogens is 1. The van der Waals surface area contributed by atoms with Crippen LogP contribution < -0.4 is 10.9 Å². The van der Waals surface area contributed by atoms with E-state index in [1.165, 1.54) is 5.56 Å². The van der Waals surface area contributed by atoms with Crippen molar-refractivity contribution in [3.63, 3.8) is 0 Å². The molecule has 1 heterocycles. The van der Waals surface area contributed by atoms with Crippen LogP contribution in [0.15, 0.2) is 35.1 Å². The summed E-state index contributed by atoms with van der Waals surface area (Å²) in [6, 6.07) is 9.47. The zero-order valence-electron chi connectivity index (χ0n) is 11.7. The second-order valence-corrected chi connectivity index (χ2v) is 5.72. The quantitative estimate of drug-likeness (QED) is 0.869. The van der Waals surface area contributed by atoms with Crippen molar-refractivity contribution in [2.75, 3.05) is 5.32 Å². The molecule has 0 unspecified atom stereocenters. The van der Waals surface area contributed by atoms with Crippen molar-refractivity contribution in [3.05, 3.63) is 51.9 Å². The molecule has 1 aromatic heterocycles. The van der Waals surface area contributed by atoms with Gasteiger partial charge in [-0.15, -0.1) is 0 Å². The van der Waals surface area contributed by atoms with Crippen LogP contribution in [-0.2, 0) is 5.41 Å². The third kappa shape index (κ3) is 3.44. The summed E-state index contributed by atoms with van der Waals surface area (Å²) < 4.78 is 0. The van der Waals surface area contributed by atoms with E-state index in [4.69, 9.17) is 0 Å². The molecule has 0 saturated heterocycles. The standard InChI is InChI=1S/C15H19N3O/c1-10-5-7-11(8-6-10)16-14-17-12(15(2,3)4)9-13(19)18-14/h5-9H,1-4H3,(H2,16,17,18,19). The highest BCUT2D eigenvalue weighted by atomic mass is 16.1. The molecule has 0 amide bonds. The number of hydrogen-bond acceptors (Lipinski definition) is 3. The van der Waals surface area contributed by atoms with Gasteiger partial charge in [0.2, 0.25) is 5.95 Å². The average molecular weight is 257 g/mol. The predicted octanol–water partition coefficient (Wildman–Crippen LogP) is 3.12. The maximum absolute atomic E-state index is 11.7. The molecular formula is C15H19N3O. The summed E-state index contributed by atoms with van der Waals surface area (Å²) in [5, 5.41) is 3.12. The Morgan fingerprint density at radius 2 is 1.79 bits per heavy atom. The Hall–Kier alpha value is -2.10. The molecule has 0 fully saturated rings. The van der Waals surface area contributed by atoms with E-state index in [1.807, 2.05) is 52.0 Å². The number of hydrogen-bond donors (Lipinski definition) is 2. The lowest BCUT2D eigenvalue weighted by molar-refractivity contribution is 0.567. The molecule has 100 valence electrons. The summed E-state index contributed by atoms with van der Waals surface area (Å²) in [6.45, 7) is 8.13. The predicted molar refractivity (Wildman–Crippen MR) is 78.0 cm³/mol. The van der Waals surface area contributed by atoms with Crippen LogP contribution in [0.5, 0.6) is 0 Å². The van der Waals surface area contributed by atoms with Gasteiger partial charge < -0.3 is 5.32 Å². The van der Waals surface area contributed by atoms with Crippen molar-refractivity contribution in [1.29, 1.82) is 0 Å². The molecule has 0 bridgehead atoms. The van der Waals surface area contributed by atoms with Gasteiger partial charge in [0.15, 0.2) is 0 Å². The molecule has 2 N–H and O–H groups in total. The molecule has 2 rings (SSSR count). The van der Waals surface area contributed by atoms with Gasteiger partial charge in [-0.25, -0.2) is 4.98 Å². The summed E-state index contributed by atoms with van der Waals surface area (Å²) in [7, 11) is 0. The molecule has 4 heteroatoms. The van der Waals surface area contributed by atoms with E-state index in [2.05, 4.69) is 15.3 Å². The lowest BCUT2D eigenvalue weighted by atomic mass is 9.92. The van der Waals surface area contributed by atoms with E-state index < -0.39 is 0 Å². The van der Waals surface area contributed by atoms with E-state index in [0.717, 1.165) is 11.4 Å². The van der Waals surface area contributed by atoms with Crippen molar-refractivity contribution in [2.45, 2.75) is 33.1 Å². The summed E-state index contributed by atoms with van der Waals surface area (Å²) in [6.07, 6.45) is 0. The molecule has 0 aliphatic carbocycles. The van der Waals surface area contributed by atoms with Crippen LogP contribution in [0.1, 0.15) is 32.0 Å². The monoisotopic (exact) mass is 257 g/mol. The molecule has 0 aliphatic rings. The molecule has 4 nitrogen and oxygen atoms in total. The van der Waals surface area contributed by atoms with Gasteiger partial charge >= 0.3 is 0 Å².